The summed E-state index contributed by atoms with van der Waals surface area (Å²) in [6.07, 6.45) is 2.10. The van der Waals surface area contributed by atoms with Crippen molar-refractivity contribution in [1.82, 2.24) is 4.90 Å². The van der Waals surface area contributed by atoms with Gasteiger partial charge in [-0.25, -0.2) is 0 Å². The van der Waals surface area contributed by atoms with Crippen molar-refractivity contribution in [2.45, 2.75) is 38.5 Å². The fraction of sp³-hybridized carbons (Fsp3) is 0.875. The van der Waals surface area contributed by atoms with Gasteiger partial charge in [0.15, 0.2) is 5.72 Å². The molecule has 2 saturated heterocycles. The first-order valence-corrected chi connectivity index (χ1v) is 4.11. The summed E-state index contributed by atoms with van der Waals surface area (Å²) in [7, 11) is 0. The first-order chi connectivity index (χ1) is 5.11. The van der Waals surface area contributed by atoms with Crippen molar-refractivity contribution in [1.29, 1.82) is 0 Å². The zero-order chi connectivity index (χ0) is 8.06. The van der Waals surface area contributed by atoms with E-state index >= 15 is 0 Å². The number of rotatable bonds is 0. The third-order valence-corrected chi connectivity index (χ3v) is 2.57. The summed E-state index contributed by atoms with van der Waals surface area (Å²) in [5.74, 6) is -0.0347. The smallest absolute Gasteiger partial charge is 0.325 e. The highest BCUT2D eigenvalue weighted by Gasteiger charge is 2.49. The van der Waals surface area contributed by atoms with Gasteiger partial charge in [-0.3, -0.25) is 9.69 Å². The van der Waals surface area contributed by atoms with Gasteiger partial charge in [0, 0.05) is 6.54 Å². The molecule has 62 valence electrons. The Labute approximate surface area is 66.3 Å². The minimum atomic E-state index is -0.349. The van der Waals surface area contributed by atoms with Gasteiger partial charge < -0.3 is 4.74 Å². The molecule has 0 N–H and O–H groups in total. The van der Waals surface area contributed by atoms with Crippen molar-refractivity contribution in [3.8, 4) is 0 Å². The fourth-order valence-electron chi connectivity index (χ4n) is 2.03. The molecule has 0 aromatic heterocycles. The lowest BCUT2D eigenvalue weighted by Crippen LogP contribution is -2.40. The second kappa shape index (κ2) is 1.97. The highest BCUT2D eigenvalue weighted by molar-refractivity contribution is 5.78. The summed E-state index contributed by atoms with van der Waals surface area (Å²) in [6.45, 7) is 4.91. The average molecular weight is 155 g/mol. The maximum Gasteiger partial charge on any atom is 0.325 e. The fourth-order valence-corrected chi connectivity index (χ4v) is 2.03. The van der Waals surface area contributed by atoms with Crippen LogP contribution in [0.15, 0.2) is 0 Å². The Morgan fingerprint density at radius 1 is 1.64 bits per heavy atom. The van der Waals surface area contributed by atoms with Crippen LogP contribution in [0.4, 0.5) is 0 Å². The molecule has 2 aliphatic rings. The summed E-state index contributed by atoms with van der Waals surface area (Å²) < 4.78 is 5.20. The van der Waals surface area contributed by atoms with Gasteiger partial charge >= 0.3 is 5.97 Å². The predicted molar refractivity (Wildman–Crippen MR) is 39.9 cm³/mol. The van der Waals surface area contributed by atoms with Crippen LogP contribution in [0.2, 0.25) is 0 Å². The first kappa shape index (κ1) is 7.10. The Kier molecular flexibility index (Phi) is 1.27. The summed E-state index contributed by atoms with van der Waals surface area (Å²) in [5, 5.41) is 0. The molecule has 0 saturated carbocycles. The summed E-state index contributed by atoms with van der Waals surface area (Å²) >= 11 is 0. The van der Waals surface area contributed by atoms with E-state index in [0.717, 1.165) is 19.4 Å². The van der Waals surface area contributed by atoms with Gasteiger partial charge in [-0.05, 0) is 26.7 Å². The number of ether oxygens (including phenoxy) is 1. The molecule has 0 bridgehead atoms. The standard InChI is InChI=1S/C8H13NO2/c1-8(2)9-5-3-4-6(9)7(10)11-8/h6H,3-5H2,1-2H3/t6-/m1/s1. The number of carbonyl (C=O) groups is 1. The second-order valence-corrected chi connectivity index (χ2v) is 3.72. The van der Waals surface area contributed by atoms with Crippen molar-refractivity contribution >= 4 is 5.97 Å². The van der Waals surface area contributed by atoms with Crippen LogP contribution in [-0.2, 0) is 9.53 Å². The molecule has 2 rings (SSSR count). The number of esters is 1. The summed E-state index contributed by atoms with van der Waals surface area (Å²) in [6, 6.07) is 0.0602. The maximum atomic E-state index is 11.2. The minimum absolute atomic E-state index is 0.0347. The van der Waals surface area contributed by atoms with Crippen LogP contribution in [0, 0.1) is 0 Å². The quantitative estimate of drug-likeness (QED) is 0.483. The molecule has 0 aromatic rings. The van der Waals surface area contributed by atoms with Crippen molar-refractivity contribution in [3.63, 3.8) is 0 Å². The number of hydrogen-bond donors (Lipinski definition) is 0. The Morgan fingerprint density at radius 3 is 3.00 bits per heavy atom. The van der Waals surface area contributed by atoms with E-state index in [1.54, 1.807) is 0 Å². The van der Waals surface area contributed by atoms with E-state index in [4.69, 9.17) is 4.74 Å². The van der Waals surface area contributed by atoms with Gasteiger partial charge in [0.1, 0.15) is 6.04 Å². The summed E-state index contributed by atoms with van der Waals surface area (Å²) in [4.78, 5) is 13.4. The Morgan fingerprint density at radius 2 is 2.36 bits per heavy atom. The highest BCUT2D eigenvalue weighted by atomic mass is 16.6. The van der Waals surface area contributed by atoms with E-state index in [0.29, 0.717) is 0 Å². The molecule has 3 heteroatoms. The van der Waals surface area contributed by atoms with Crippen molar-refractivity contribution in [3.05, 3.63) is 0 Å². The Balaban J connectivity index is 2.27. The van der Waals surface area contributed by atoms with E-state index in [1.165, 1.54) is 0 Å². The lowest BCUT2D eigenvalue weighted by atomic mass is 10.2. The molecule has 1 atom stereocenters. The van der Waals surface area contributed by atoms with E-state index in [-0.39, 0.29) is 17.7 Å². The molecular formula is C8H13NO2. The Bertz CT molecular complexity index is 200. The van der Waals surface area contributed by atoms with Gasteiger partial charge in [0.25, 0.3) is 0 Å². The lowest BCUT2D eigenvalue weighted by Gasteiger charge is -2.26. The molecule has 0 aliphatic carbocycles. The van der Waals surface area contributed by atoms with E-state index in [9.17, 15) is 4.79 Å². The molecule has 0 radical (unpaired) electrons. The van der Waals surface area contributed by atoms with Crippen LogP contribution in [-0.4, -0.2) is 29.2 Å². The summed E-state index contributed by atoms with van der Waals surface area (Å²) in [5.41, 5.74) is -0.349. The lowest BCUT2D eigenvalue weighted by molar-refractivity contribution is -0.150. The predicted octanol–water partition coefficient (Wildman–Crippen LogP) is 0.744. The zero-order valence-electron chi connectivity index (χ0n) is 6.96. The van der Waals surface area contributed by atoms with Gasteiger partial charge in [0.05, 0.1) is 0 Å². The molecular weight excluding hydrogens is 142 g/mol. The molecule has 0 amide bonds. The van der Waals surface area contributed by atoms with Crippen LogP contribution < -0.4 is 0 Å². The molecule has 11 heavy (non-hydrogen) atoms. The normalized spacial score (nSPS) is 35.5. The minimum Gasteiger partial charge on any atom is -0.443 e. The average Bonchev–Trinajstić information content (AvgIpc) is 2.37. The SMILES string of the molecule is CC1(C)OC(=O)[C@H]2CCCN21. The Hall–Kier alpha value is -0.570. The zero-order valence-corrected chi connectivity index (χ0v) is 6.96. The number of carbonyl (C=O) groups excluding carboxylic acids is 1. The van der Waals surface area contributed by atoms with Crippen LogP contribution in [0.1, 0.15) is 26.7 Å². The van der Waals surface area contributed by atoms with Gasteiger partial charge in [0.2, 0.25) is 0 Å². The molecule has 2 fully saturated rings. The third-order valence-electron chi connectivity index (χ3n) is 2.57. The van der Waals surface area contributed by atoms with Crippen LogP contribution in [0.3, 0.4) is 0 Å². The molecule has 0 aromatic carbocycles. The number of hydrogen-bond acceptors (Lipinski definition) is 3. The molecule has 3 nitrogen and oxygen atoms in total. The molecule has 2 heterocycles. The topological polar surface area (TPSA) is 29.5 Å². The highest BCUT2D eigenvalue weighted by Crippen LogP contribution is 2.34. The van der Waals surface area contributed by atoms with E-state index in [1.807, 2.05) is 13.8 Å². The van der Waals surface area contributed by atoms with Gasteiger partial charge in [-0.2, -0.15) is 0 Å². The molecule has 0 unspecified atom stereocenters. The third kappa shape index (κ3) is 0.872. The van der Waals surface area contributed by atoms with Crippen molar-refractivity contribution < 1.29 is 9.53 Å². The van der Waals surface area contributed by atoms with Gasteiger partial charge in [-0.1, -0.05) is 0 Å². The maximum absolute atomic E-state index is 11.2. The molecule has 0 spiro atoms. The van der Waals surface area contributed by atoms with Crippen LogP contribution in [0.25, 0.3) is 0 Å². The largest absolute Gasteiger partial charge is 0.443 e. The first-order valence-electron chi connectivity index (χ1n) is 4.11. The van der Waals surface area contributed by atoms with Gasteiger partial charge in [-0.15, -0.1) is 0 Å². The number of cyclic esters (lactones) is 1. The number of fused-ring (bicyclic) bond motifs is 1. The molecule has 2 aliphatic heterocycles. The van der Waals surface area contributed by atoms with Crippen LogP contribution in [0.5, 0.6) is 0 Å². The number of nitrogens with zero attached hydrogens (tertiary/aromatic N) is 1. The monoisotopic (exact) mass is 155 g/mol. The van der Waals surface area contributed by atoms with E-state index in [2.05, 4.69) is 4.90 Å². The van der Waals surface area contributed by atoms with Crippen LogP contribution >= 0.6 is 0 Å². The second-order valence-electron chi connectivity index (χ2n) is 3.72. The van der Waals surface area contributed by atoms with E-state index < -0.39 is 0 Å². The van der Waals surface area contributed by atoms with Crippen molar-refractivity contribution in [2.75, 3.05) is 6.54 Å². The van der Waals surface area contributed by atoms with Crippen molar-refractivity contribution in [2.24, 2.45) is 0 Å².